The smallest absolute Gasteiger partial charge is 0.0897 e. The van der Waals surface area contributed by atoms with Crippen LogP contribution in [0.3, 0.4) is 0 Å². The maximum atomic E-state index is 6.15. The molecule has 0 aliphatic carbocycles. The molecule has 0 unspecified atom stereocenters. The fourth-order valence-electron chi connectivity index (χ4n) is 3.67. The number of aromatic nitrogens is 1. The Hall–Kier alpha value is -0.790. The molecule has 2 atom stereocenters. The Balaban J connectivity index is 1.36. The Morgan fingerprint density at radius 1 is 1.22 bits per heavy atom. The number of fused-ring (bicyclic) bond motifs is 1. The molecule has 0 N–H and O–H groups in total. The molecule has 23 heavy (non-hydrogen) atoms. The van der Waals surface area contributed by atoms with E-state index in [1.807, 2.05) is 0 Å². The van der Waals surface area contributed by atoms with Gasteiger partial charge in [-0.15, -0.1) is 11.3 Å². The minimum atomic E-state index is 0.399. The highest BCUT2D eigenvalue weighted by molar-refractivity contribution is 7.09. The van der Waals surface area contributed by atoms with Gasteiger partial charge in [-0.05, 0) is 29.3 Å². The van der Waals surface area contributed by atoms with Gasteiger partial charge in [0.25, 0.3) is 0 Å². The summed E-state index contributed by atoms with van der Waals surface area (Å²) >= 11 is 3.53. The van der Waals surface area contributed by atoms with Crippen LogP contribution in [0.1, 0.15) is 16.3 Å². The predicted molar refractivity (Wildman–Crippen MR) is 95.0 cm³/mol. The normalized spacial score (nSPS) is 26.3. The van der Waals surface area contributed by atoms with E-state index in [1.165, 1.54) is 11.3 Å². The summed E-state index contributed by atoms with van der Waals surface area (Å²) in [5.74, 6) is 0.621. The Morgan fingerprint density at radius 3 is 2.91 bits per heavy atom. The monoisotopic (exact) mass is 349 g/mol. The van der Waals surface area contributed by atoms with Gasteiger partial charge in [0, 0.05) is 50.6 Å². The van der Waals surface area contributed by atoms with Gasteiger partial charge in [-0.3, -0.25) is 9.80 Å². The first-order chi connectivity index (χ1) is 11.3. The molecule has 0 spiro atoms. The molecule has 4 rings (SSSR count). The molecule has 4 nitrogen and oxygen atoms in total. The second-order valence-electron chi connectivity index (χ2n) is 6.59. The van der Waals surface area contributed by atoms with Gasteiger partial charge in [-0.1, -0.05) is 0 Å². The number of hydrogen-bond donors (Lipinski definition) is 0. The number of thiophene rings is 1. The van der Waals surface area contributed by atoms with E-state index in [0.717, 1.165) is 50.9 Å². The predicted octanol–water partition coefficient (Wildman–Crippen LogP) is 2.85. The average Bonchev–Trinajstić information content (AvgIpc) is 3.22. The largest absolute Gasteiger partial charge is 0.375 e. The van der Waals surface area contributed by atoms with Crippen molar-refractivity contribution in [2.75, 3.05) is 32.8 Å². The van der Waals surface area contributed by atoms with Crippen molar-refractivity contribution in [2.24, 2.45) is 5.92 Å². The van der Waals surface area contributed by atoms with E-state index >= 15 is 0 Å². The van der Waals surface area contributed by atoms with E-state index in [4.69, 9.17) is 4.74 Å². The van der Waals surface area contributed by atoms with Crippen LogP contribution < -0.4 is 0 Å². The second-order valence-corrected chi connectivity index (χ2v) is 8.43. The lowest BCUT2D eigenvalue weighted by atomic mass is 10.1. The van der Waals surface area contributed by atoms with E-state index < -0.39 is 0 Å². The van der Waals surface area contributed by atoms with Crippen molar-refractivity contribution >= 4 is 22.7 Å². The minimum Gasteiger partial charge on any atom is -0.375 e. The number of likely N-dealkylation sites (tertiary alicyclic amines) is 1. The Kier molecular flexibility index (Phi) is 4.78. The molecular weight excluding hydrogens is 326 g/mol. The number of hydrogen-bond acceptors (Lipinski definition) is 6. The van der Waals surface area contributed by atoms with Crippen molar-refractivity contribution in [3.63, 3.8) is 0 Å². The Labute approximate surface area is 145 Å². The highest BCUT2D eigenvalue weighted by Crippen LogP contribution is 2.26. The van der Waals surface area contributed by atoms with Crippen molar-refractivity contribution in [1.82, 2.24) is 14.8 Å². The molecule has 0 saturated carbocycles. The number of nitrogens with zero attached hydrogens (tertiary/aromatic N) is 3. The van der Waals surface area contributed by atoms with E-state index in [0.29, 0.717) is 12.0 Å². The highest BCUT2D eigenvalue weighted by atomic mass is 32.1. The molecule has 0 aromatic carbocycles. The molecule has 0 amide bonds. The SMILES string of the molecule is Cc1nc(CN2CCO[C@@H]3CN(Cc4ccsc4)C[C@@H]3C2)cs1. The molecule has 4 heterocycles. The first kappa shape index (κ1) is 15.7. The Morgan fingerprint density at radius 2 is 2.13 bits per heavy atom. The van der Waals surface area contributed by atoms with E-state index in [2.05, 4.69) is 43.9 Å². The zero-order valence-electron chi connectivity index (χ0n) is 13.5. The summed E-state index contributed by atoms with van der Waals surface area (Å²) in [6.45, 7) is 9.31. The summed E-state index contributed by atoms with van der Waals surface area (Å²) in [5.41, 5.74) is 2.64. The van der Waals surface area contributed by atoms with Crippen LogP contribution in [0, 0.1) is 12.8 Å². The first-order valence-corrected chi connectivity index (χ1v) is 10.1. The molecular formula is C17H23N3OS2. The van der Waals surface area contributed by atoms with Crippen molar-refractivity contribution in [3.8, 4) is 0 Å². The lowest BCUT2D eigenvalue weighted by Gasteiger charge is -2.22. The summed E-state index contributed by atoms with van der Waals surface area (Å²) in [7, 11) is 0. The Bertz CT molecular complexity index is 628. The van der Waals surface area contributed by atoms with Crippen LogP contribution >= 0.6 is 22.7 Å². The van der Waals surface area contributed by atoms with Gasteiger partial charge < -0.3 is 4.74 Å². The zero-order valence-corrected chi connectivity index (χ0v) is 15.1. The number of rotatable bonds is 4. The van der Waals surface area contributed by atoms with E-state index in [1.54, 1.807) is 22.7 Å². The maximum Gasteiger partial charge on any atom is 0.0897 e. The number of aryl methyl sites for hydroxylation is 1. The molecule has 6 heteroatoms. The van der Waals surface area contributed by atoms with Crippen LogP contribution in [-0.4, -0.2) is 53.7 Å². The molecule has 2 fully saturated rings. The first-order valence-electron chi connectivity index (χ1n) is 8.24. The fraction of sp³-hybridized carbons (Fsp3) is 0.588. The standard InChI is InChI=1S/C17H23N3OS2/c1-13-18-16(12-23-13)9-19-3-4-21-17-10-20(8-15(17)7-19)6-14-2-5-22-11-14/h2,5,11-12,15,17H,3-4,6-10H2,1H3/t15-,17+/m0/s1. The number of thiazole rings is 1. The maximum absolute atomic E-state index is 6.15. The molecule has 2 aliphatic rings. The molecule has 2 aromatic rings. The molecule has 2 aliphatic heterocycles. The van der Waals surface area contributed by atoms with Gasteiger partial charge in [0.1, 0.15) is 0 Å². The van der Waals surface area contributed by atoms with Gasteiger partial charge in [0.15, 0.2) is 0 Å². The van der Waals surface area contributed by atoms with Gasteiger partial charge in [0.05, 0.1) is 23.4 Å². The van der Waals surface area contributed by atoms with Crippen molar-refractivity contribution < 1.29 is 4.74 Å². The summed E-state index contributed by atoms with van der Waals surface area (Å²) in [5, 5.41) is 7.77. The number of ether oxygens (including phenoxy) is 1. The van der Waals surface area contributed by atoms with E-state index in [9.17, 15) is 0 Å². The average molecular weight is 350 g/mol. The molecule has 0 radical (unpaired) electrons. The quantitative estimate of drug-likeness (QED) is 0.849. The molecule has 0 bridgehead atoms. The fourth-order valence-corrected chi connectivity index (χ4v) is 4.93. The third kappa shape index (κ3) is 3.83. The van der Waals surface area contributed by atoms with E-state index in [-0.39, 0.29) is 0 Å². The summed E-state index contributed by atoms with van der Waals surface area (Å²) < 4.78 is 6.15. The summed E-state index contributed by atoms with van der Waals surface area (Å²) in [6.07, 6.45) is 0.399. The summed E-state index contributed by atoms with van der Waals surface area (Å²) in [4.78, 5) is 9.68. The van der Waals surface area contributed by atoms with Crippen LogP contribution in [0.5, 0.6) is 0 Å². The van der Waals surface area contributed by atoms with Gasteiger partial charge in [-0.25, -0.2) is 4.98 Å². The van der Waals surface area contributed by atoms with Crippen LogP contribution in [0.25, 0.3) is 0 Å². The zero-order chi connectivity index (χ0) is 15.6. The van der Waals surface area contributed by atoms with Crippen LogP contribution in [0.4, 0.5) is 0 Å². The van der Waals surface area contributed by atoms with Crippen LogP contribution in [-0.2, 0) is 17.8 Å². The second kappa shape index (κ2) is 6.99. The molecule has 124 valence electrons. The highest BCUT2D eigenvalue weighted by Gasteiger charge is 2.36. The van der Waals surface area contributed by atoms with Gasteiger partial charge in [0.2, 0.25) is 0 Å². The third-order valence-electron chi connectivity index (χ3n) is 4.73. The van der Waals surface area contributed by atoms with Crippen LogP contribution in [0.15, 0.2) is 22.2 Å². The van der Waals surface area contributed by atoms with Crippen molar-refractivity contribution in [3.05, 3.63) is 38.5 Å². The lowest BCUT2D eigenvalue weighted by molar-refractivity contribution is 0.0510. The summed E-state index contributed by atoms with van der Waals surface area (Å²) in [6, 6.07) is 2.23. The van der Waals surface area contributed by atoms with Crippen molar-refractivity contribution in [2.45, 2.75) is 26.1 Å². The molecule has 2 saturated heterocycles. The van der Waals surface area contributed by atoms with Gasteiger partial charge >= 0.3 is 0 Å². The van der Waals surface area contributed by atoms with Crippen LogP contribution in [0.2, 0.25) is 0 Å². The minimum absolute atomic E-state index is 0.399. The molecule has 2 aromatic heterocycles. The topological polar surface area (TPSA) is 28.6 Å². The lowest BCUT2D eigenvalue weighted by Crippen LogP contribution is -2.32. The van der Waals surface area contributed by atoms with Crippen molar-refractivity contribution in [1.29, 1.82) is 0 Å². The third-order valence-corrected chi connectivity index (χ3v) is 6.28. The van der Waals surface area contributed by atoms with Gasteiger partial charge in [-0.2, -0.15) is 11.3 Å².